The number of primary amides is 2. The third-order valence-electron chi connectivity index (χ3n) is 6.15. The summed E-state index contributed by atoms with van der Waals surface area (Å²) in [5.41, 5.74) is 10.7. The second-order valence-electron chi connectivity index (χ2n) is 10.2. The van der Waals surface area contributed by atoms with Gasteiger partial charge in [0.25, 0.3) is 0 Å². The Bertz CT molecular complexity index is 504. The second-order valence-corrected chi connectivity index (χ2v) is 10.2. The van der Waals surface area contributed by atoms with Gasteiger partial charge in [0, 0.05) is 75.3 Å². The molecule has 30 heavy (non-hydrogen) atoms. The van der Waals surface area contributed by atoms with Gasteiger partial charge < -0.3 is 22.1 Å². The summed E-state index contributed by atoms with van der Waals surface area (Å²) in [6.45, 7) is 18.1. The van der Waals surface area contributed by atoms with E-state index in [4.69, 9.17) is 11.5 Å². The lowest BCUT2D eigenvalue weighted by atomic mass is 9.93. The first-order chi connectivity index (χ1) is 13.8. The van der Waals surface area contributed by atoms with Crippen LogP contribution in [0.5, 0.6) is 0 Å². The van der Waals surface area contributed by atoms with Gasteiger partial charge in [-0.25, -0.2) is 0 Å². The Kier molecular flexibility index (Phi) is 10.7. The molecule has 176 valence electrons. The van der Waals surface area contributed by atoms with Crippen molar-refractivity contribution < 1.29 is 9.59 Å². The zero-order chi connectivity index (χ0) is 22.9. The van der Waals surface area contributed by atoms with Crippen LogP contribution in [-0.4, -0.2) is 84.0 Å². The molecule has 0 spiro atoms. The molecule has 1 aliphatic rings. The number of nitrogens with two attached hydrogens (primary N) is 2. The van der Waals surface area contributed by atoms with Gasteiger partial charge in [0.2, 0.25) is 11.8 Å². The summed E-state index contributed by atoms with van der Waals surface area (Å²) in [7, 11) is 0. The summed E-state index contributed by atoms with van der Waals surface area (Å²) < 4.78 is 0. The Balaban J connectivity index is 2.93. The van der Waals surface area contributed by atoms with Gasteiger partial charge in [0.15, 0.2) is 0 Å². The molecule has 1 fully saturated rings. The minimum atomic E-state index is -0.253. The second kappa shape index (κ2) is 12.0. The molecular formula is C22H46N6O2. The highest BCUT2D eigenvalue weighted by molar-refractivity contribution is 5.74. The molecule has 0 aromatic rings. The summed E-state index contributed by atoms with van der Waals surface area (Å²) in [5.74, 6) is -0.505. The van der Waals surface area contributed by atoms with Crippen molar-refractivity contribution in [2.45, 2.75) is 90.4 Å². The molecule has 2 amide bonds. The molecule has 1 heterocycles. The first-order valence-corrected chi connectivity index (χ1v) is 11.4. The van der Waals surface area contributed by atoms with Crippen molar-refractivity contribution in [1.29, 1.82) is 0 Å². The van der Waals surface area contributed by atoms with Gasteiger partial charge >= 0.3 is 0 Å². The lowest BCUT2D eigenvalue weighted by molar-refractivity contribution is -0.119. The van der Waals surface area contributed by atoms with Crippen LogP contribution in [0.15, 0.2) is 0 Å². The van der Waals surface area contributed by atoms with Gasteiger partial charge in [0.05, 0.1) is 0 Å². The number of amides is 2. The lowest BCUT2D eigenvalue weighted by Crippen LogP contribution is -2.53. The van der Waals surface area contributed by atoms with Crippen molar-refractivity contribution in [2.24, 2.45) is 11.5 Å². The number of carbonyl (C=O) groups excluding carboxylic acids is 2. The highest BCUT2D eigenvalue weighted by atomic mass is 16.1. The van der Waals surface area contributed by atoms with Crippen LogP contribution in [0.4, 0.5) is 0 Å². The molecule has 6 N–H and O–H groups in total. The molecule has 1 aliphatic heterocycles. The van der Waals surface area contributed by atoms with Crippen LogP contribution in [0.2, 0.25) is 0 Å². The summed E-state index contributed by atoms with van der Waals surface area (Å²) in [5, 5.41) is 7.39. The van der Waals surface area contributed by atoms with Crippen LogP contribution in [0, 0.1) is 0 Å². The third kappa shape index (κ3) is 10.7. The Morgan fingerprint density at radius 2 is 1.13 bits per heavy atom. The molecule has 1 rings (SSSR count). The topological polar surface area (TPSA) is 117 Å². The molecule has 2 atom stereocenters. The van der Waals surface area contributed by atoms with Crippen molar-refractivity contribution in [3.8, 4) is 0 Å². The van der Waals surface area contributed by atoms with Crippen LogP contribution in [0.3, 0.4) is 0 Å². The molecular weight excluding hydrogens is 380 g/mol. The number of carbonyl (C=O) groups is 2. The summed E-state index contributed by atoms with van der Waals surface area (Å²) in [6.07, 6.45) is 2.69. The maximum Gasteiger partial charge on any atom is 0.218 e. The van der Waals surface area contributed by atoms with E-state index in [1.54, 1.807) is 0 Å². The number of hydrogen-bond donors (Lipinski definition) is 4. The maximum atomic E-state index is 11.3. The average molecular weight is 427 g/mol. The first-order valence-electron chi connectivity index (χ1n) is 11.4. The van der Waals surface area contributed by atoms with E-state index in [0.29, 0.717) is 38.0 Å². The highest BCUT2D eigenvalue weighted by Gasteiger charge is 2.28. The molecule has 0 bridgehead atoms. The van der Waals surface area contributed by atoms with Gasteiger partial charge in [-0.2, -0.15) is 0 Å². The Labute approximate surface area is 183 Å². The van der Waals surface area contributed by atoms with E-state index >= 15 is 0 Å². The number of nitrogens with one attached hydrogen (secondary N) is 2. The van der Waals surface area contributed by atoms with E-state index < -0.39 is 0 Å². The fourth-order valence-electron chi connectivity index (χ4n) is 4.57. The number of hydrogen-bond acceptors (Lipinski definition) is 6. The van der Waals surface area contributed by atoms with Crippen LogP contribution in [0.25, 0.3) is 0 Å². The van der Waals surface area contributed by atoms with E-state index in [1.165, 1.54) is 0 Å². The van der Waals surface area contributed by atoms with Crippen molar-refractivity contribution in [1.82, 2.24) is 20.4 Å². The summed E-state index contributed by atoms with van der Waals surface area (Å²) in [4.78, 5) is 27.4. The monoisotopic (exact) mass is 426 g/mol. The molecule has 8 heteroatoms. The quantitative estimate of drug-likeness (QED) is 0.495. The molecule has 0 aromatic carbocycles. The zero-order valence-electron chi connectivity index (χ0n) is 20.1. The van der Waals surface area contributed by atoms with Crippen LogP contribution in [-0.2, 0) is 9.59 Å². The molecule has 8 nitrogen and oxygen atoms in total. The van der Waals surface area contributed by atoms with Crippen LogP contribution < -0.4 is 22.1 Å². The van der Waals surface area contributed by atoms with E-state index in [0.717, 1.165) is 39.0 Å². The normalized spacial score (nSPS) is 27.3. The summed E-state index contributed by atoms with van der Waals surface area (Å²) >= 11 is 0. The van der Waals surface area contributed by atoms with Crippen LogP contribution >= 0.6 is 0 Å². The largest absolute Gasteiger partial charge is 0.370 e. The van der Waals surface area contributed by atoms with E-state index in [1.807, 2.05) is 0 Å². The summed E-state index contributed by atoms with van der Waals surface area (Å²) in [6, 6.07) is 0.647. The zero-order valence-corrected chi connectivity index (χ0v) is 20.1. The van der Waals surface area contributed by atoms with E-state index in [2.05, 4.69) is 62.0 Å². The SMILES string of the molecule is C[C@@H]1CC(C)(C)NCCN(CCC(N)=O)[C@@H](C)CC(C)(C)NCCN1CCC(N)=O. The number of nitrogens with zero attached hydrogens (tertiary/aromatic N) is 2. The molecule has 0 radical (unpaired) electrons. The predicted molar refractivity (Wildman–Crippen MR) is 123 cm³/mol. The lowest BCUT2D eigenvalue weighted by Gasteiger charge is -2.40. The van der Waals surface area contributed by atoms with Gasteiger partial charge in [-0.15, -0.1) is 0 Å². The van der Waals surface area contributed by atoms with Gasteiger partial charge in [0.1, 0.15) is 0 Å². The minimum absolute atomic E-state index is 0.0419. The highest BCUT2D eigenvalue weighted by Crippen LogP contribution is 2.19. The smallest absolute Gasteiger partial charge is 0.218 e. The van der Waals surface area contributed by atoms with Crippen LogP contribution in [0.1, 0.15) is 67.2 Å². The van der Waals surface area contributed by atoms with Crippen molar-refractivity contribution in [2.75, 3.05) is 39.3 Å². The van der Waals surface area contributed by atoms with Crippen molar-refractivity contribution in [3.63, 3.8) is 0 Å². The third-order valence-corrected chi connectivity index (χ3v) is 6.15. The average Bonchev–Trinajstić information content (AvgIpc) is 2.58. The predicted octanol–water partition coefficient (Wildman–Crippen LogP) is 0.648. The Morgan fingerprint density at radius 3 is 1.43 bits per heavy atom. The standard InChI is InChI=1S/C22H46N6O2/c1-17-15-21(3,4)25-10-14-28(12-8-20(24)30)18(2)16-22(5,6)26-9-13-27(17)11-7-19(23)29/h17-18,25-26H,7-16H2,1-6H3,(H2,23,29)(H2,24,30)/t17-,18+. The van der Waals surface area contributed by atoms with Gasteiger partial charge in [-0.3, -0.25) is 19.4 Å². The van der Waals surface area contributed by atoms with Gasteiger partial charge in [-0.1, -0.05) is 0 Å². The molecule has 0 aliphatic carbocycles. The van der Waals surface area contributed by atoms with Crippen molar-refractivity contribution >= 4 is 11.8 Å². The molecule has 1 saturated heterocycles. The Hall–Kier alpha value is -1.22. The van der Waals surface area contributed by atoms with Gasteiger partial charge in [-0.05, 0) is 54.4 Å². The minimum Gasteiger partial charge on any atom is -0.370 e. The van der Waals surface area contributed by atoms with E-state index in [-0.39, 0.29) is 22.9 Å². The fraction of sp³-hybridized carbons (Fsp3) is 0.909. The molecule has 0 unspecified atom stereocenters. The maximum absolute atomic E-state index is 11.3. The number of rotatable bonds is 6. The molecule has 0 aromatic heterocycles. The first kappa shape index (κ1) is 26.8. The Morgan fingerprint density at radius 1 is 0.800 bits per heavy atom. The fourth-order valence-corrected chi connectivity index (χ4v) is 4.57. The van der Waals surface area contributed by atoms with E-state index in [9.17, 15) is 9.59 Å². The molecule has 0 saturated carbocycles. The van der Waals surface area contributed by atoms with Crippen molar-refractivity contribution in [3.05, 3.63) is 0 Å².